The molecule has 1 heterocycles. The maximum atomic E-state index is 13.4. The van der Waals surface area contributed by atoms with Crippen molar-refractivity contribution in [2.24, 2.45) is 11.8 Å². The van der Waals surface area contributed by atoms with Crippen molar-refractivity contribution < 1.29 is 14.3 Å². The van der Waals surface area contributed by atoms with Crippen molar-refractivity contribution in [3.8, 4) is 5.75 Å². The number of para-hydroxylation sites is 1. The van der Waals surface area contributed by atoms with Crippen molar-refractivity contribution in [1.29, 1.82) is 0 Å². The second-order valence-electron chi connectivity index (χ2n) is 8.68. The molecule has 1 saturated carbocycles. The molecule has 1 fully saturated rings. The van der Waals surface area contributed by atoms with E-state index in [1.807, 2.05) is 54.6 Å². The van der Waals surface area contributed by atoms with Crippen molar-refractivity contribution in [3.63, 3.8) is 0 Å². The number of thioether (sulfide) groups is 1. The van der Waals surface area contributed by atoms with Gasteiger partial charge in [0.05, 0.1) is 17.7 Å². The number of benzene rings is 2. The maximum Gasteiger partial charge on any atom is 0.265 e. The van der Waals surface area contributed by atoms with E-state index in [9.17, 15) is 9.59 Å². The number of nitrogens with zero attached hydrogens (tertiary/aromatic N) is 1. The number of nitrogens with one attached hydrogen (secondary N) is 1. The third-order valence-electron chi connectivity index (χ3n) is 6.60. The lowest BCUT2D eigenvalue weighted by atomic mass is 9.78. The number of rotatable bonds is 5. The molecule has 6 heteroatoms. The smallest absolute Gasteiger partial charge is 0.265 e. The number of ether oxygens (including phenoxy) is 1. The molecule has 0 unspecified atom stereocenters. The zero-order valence-electron chi connectivity index (χ0n) is 18.8. The highest BCUT2D eigenvalue weighted by molar-refractivity contribution is 8.04. The molecule has 2 aromatic carbocycles. The van der Waals surface area contributed by atoms with Crippen LogP contribution in [-0.2, 0) is 9.59 Å². The summed E-state index contributed by atoms with van der Waals surface area (Å²) in [5.74, 6) is 1.56. The fourth-order valence-electron chi connectivity index (χ4n) is 4.45. The summed E-state index contributed by atoms with van der Waals surface area (Å²) in [6.45, 7) is 4.48. The lowest BCUT2D eigenvalue weighted by Crippen LogP contribution is -2.49. The molecule has 1 aliphatic carbocycles. The van der Waals surface area contributed by atoms with Gasteiger partial charge in [-0.1, -0.05) is 62.7 Å². The Labute approximate surface area is 194 Å². The predicted molar refractivity (Wildman–Crippen MR) is 130 cm³/mol. The highest BCUT2D eigenvalue weighted by atomic mass is 32.2. The van der Waals surface area contributed by atoms with Gasteiger partial charge in [-0.2, -0.15) is 0 Å². The minimum absolute atomic E-state index is 0.0218. The molecule has 3 atom stereocenters. The van der Waals surface area contributed by atoms with Crippen LogP contribution < -0.4 is 15.0 Å². The molecule has 1 N–H and O–H groups in total. The Morgan fingerprint density at radius 3 is 2.66 bits per heavy atom. The van der Waals surface area contributed by atoms with Crippen LogP contribution in [0.1, 0.15) is 38.7 Å². The van der Waals surface area contributed by atoms with Crippen molar-refractivity contribution >= 4 is 35.3 Å². The third-order valence-corrected chi connectivity index (χ3v) is 7.68. The van der Waals surface area contributed by atoms with Gasteiger partial charge in [0.1, 0.15) is 12.3 Å². The van der Waals surface area contributed by atoms with Crippen LogP contribution in [0.5, 0.6) is 5.75 Å². The number of anilines is 1. The van der Waals surface area contributed by atoms with Gasteiger partial charge in [-0.3, -0.25) is 14.5 Å². The van der Waals surface area contributed by atoms with Crippen LogP contribution in [0.4, 0.5) is 5.69 Å². The first kappa shape index (κ1) is 22.5. The molecule has 0 saturated heterocycles. The molecule has 4 rings (SSSR count). The van der Waals surface area contributed by atoms with Crippen LogP contribution in [0, 0.1) is 11.8 Å². The summed E-state index contributed by atoms with van der Waals surface area (Å²) < 4.78 is 5.22. The van der Waals surface area contributed by atoms with E-state index < -0.39 is 0 Å². The van der Waals surface area contributed by atoms with Gasteiger partial charge in [0, 0.05) is 10.9 Å². The molecule has 168 valence electrons. The standard InChI is InChI=1S/C26H30N2O3S/c1-17-7-6-8-21(18(17)2)27-25(29)16-28-22-9-4-5-10-23(22)32-24(26(28)30)15-19-11-13-20(31-3)14-12-19/h4-5,9-15,17-18,21H,6-8,16H2,1-3H3,(H,27,29)/b24-15-/t17-,18-,21+/m0/s1. The molecule has 0 radical (unpaired) electrons. The largest absolute Gasteiger partial charge is 0.497 e. The van der Waals surface area contributed by atoms with Crippen LogP contribution >= 0.6 is 11.8 Å². The number of carbonyl (C=O) groups is 2. The molecule has 2 amide bonds. The Morgan fingerprint density at radius 1 is 1.16 bits per heavy atom. The minimum atomic E-state index is -0.148. The highest BCUT2D eigenvalue weighted by Crippen LogP contribution is 2.42. The average molecular weight is 451 g/mol. The van der Waals surface area contributed by atoms with Gasteiger partial charge < -0.3 is 10.1 Å². The van der Waals surface area contributed by atoms with Gasteiger partial charge >= 0.3 is 0 Å². The van der Waals surface area contributed by atoms with Crippen LogP contribution in [0.2, 0.25) is 0 Å². The van der Waals surface area contributed by atoms with Crippen LogP contribution in [0.25, 0.3) is 6.08 Å². The Bertz CT molecular complexity index is 1020. The predicted octanol–water partition coefficient (Wildman–Crippen LogP) is 5.12. The molecule has 2 aliphatic rings. The summed E-state index contributed by atoms with van der Waals surface area (Å²) in [6.07, 6.45) is 5.22. The first-order chi connectivity index (χ1) is 15.5. The van der Waals surface area contributed by atoms with Crippen LogP contribution in [0.3, 0.4) is 0 Å². The summed E-state index contributed by atoms with van der Waals surface area (Å²) in [7, 11) is 1.63. The summed E-state index contributed by atoms with van der Waals surface area (Å²) >= 11 is 1.44. The lowest BCUT2D eigenvalue weighted by molar-refractivity contribution is -0.123. The van der Waals surface area contributed by atoms with Crippen molar-refractivity contribution in [1.82, 2.24) is 5.32 Å². The maximum absolute atomic E-state index is 13.4. The number of carbonyl (C=O) groups excluding carboxylic acids is 2. The zero-order valence-corrected chi connectivity index (χ0v) is 19.7. The van der Waals surface area contributed by atoms with Gasteiger partial charge in [-0.25, -0.2) is 0 Å². The van der Waals surface area contributed by atoms with E-state index in [1.54, 1.807) is 12.0 Å². The van der Waals surface area contributed by atoms with Crippen molar-refractivity contribution in [2.75, 3.05) is 18.6 Å². The summed E-state index contributed by atoms with van der Waals surface area (Å²) in [5.41, 5.74) is 1.70. The molecule has 2 aromatic rings. The average Bonchev–Trinajstić information content (AvgIpc) is 2.80. The Balaban J connectivity index is 1.55. The second kappa shape index (κ2) is 9.82. The summed E-state index contributed by atoms with van der Waals surface area (Å²) in [5, 5.41) is 3.20. The molecule has 5 nitrogen and oxygen atoms in total. The molecular formula is C26H30N2O3S. The minimum Gasteiger partial charge on any atom is -0.497 e. The van der Waals surface area contributed by atoms with E-state index in [2.05, 4.69) is 19.2 Å². The molecular weight excluding hydrogens is 420 g/mol. The lowest BCUT2D eigenvalue weighted by Gasteiger charge is -2.35. The molecule has 0 bridgehead atoms. The van der Waals surface area contributed by atoms with E-state index in [1.165, 1.54) is 18.2 Å². The normalized spacial score (nSPS) is 24.2. The van der Waals surface area contributed by atoms with Crippen LogP contribution in [-0.4, -0.2) is 31.5 Å². The van der Waals surface area contributed by atoms with Crippen LogP contribution in [0.15, 0.2) is 58.3 Å². The van der Waals surface area contributed by atoms with Crippen molar-refractivity contribution in [3.05, 3.63) is 59.0 Å². The molecule has 1 aliphatic heterocycles. The summed E-state index contributed by atoms with van der Waals surface area (Å²) in [4.78, 5) is 29.5. The first-order valence-electron chi connectivity index (χ1n) is 11.2. The number of amides is 2. The number of hydrogen-bond acceptors (Lipinski definition) is 4. The van der Waals surface area contributed by atoms with E-state index in [-0.39, 0.29) is 24.4 Å². The molecule has 32 heavy (non-hydrogen) atoms. The van der Waals surface area contributed by atoms with Gasteiger partial charge in [0.15, 0.2) is 0 Å². The topological polar surface area (TPSA) is 58.6 Å². The van der Waals surface area contributed by atoms with E-state index in [0.29, 0.717) is 16.7 Å². The first-order valence-corrected chi connectivity index (χ1v) is 12.0. The van der Waals surface area contributed by atoms with E-state index in [4.69, 9.17) is 4.74 Å². The van der Waals surface area contributed by atoms with Crippen molar-refractivity contribution in [2.45, 2.75) is 44.0 Å². The monoisotopic (exact) mass is 450 g/mol. The third kappa shape index (κ3) is 4.85. The van der Waals surface area contributed by atoms with Gasteiger partial charge in [-0.15, -0.1) is 0 Å². The number of hydrogen-bond donors (Lipinski definition) is 1. The van der Waals surface area contributed by atoms with Gasteiger partial charge in [0.2, 0.25) is 5.91 Å². The quantitative estimate of drug-likeness (QED) is 0.643. The second-order valence-corrected chi connectivity index (χ2v) is 9.77. The Hall–Kier alpha value is -2.73. The fraction of sp³-hybridized carbons (Fsp3) is 0.385. The summed E-state index contributed by atoms with van der Waals surface area (Å²) in [6, 6.07) is 15.5. The zero-order chi connectivity index (χ0) is 22.7. The molecule has 0 aromatic heterocycles. The number of fused-ring (bicyclic) bond motifs is 1. The Kier molecular flexibility index (Phi) is 6.89. The highest BCUT2D eigenvalue weighted by Gasteiger charge is 2.32. The van der Waals surface area contributed by atoms with Gasteiger partial charge in [-0.05, 0) is 54.2 Å². The fourth-order valence-corrected chi connectivity index (χ4v) is 5.51. The SMILES string of the molecule is COc1ccc(/C=C2\Sc3ccccc3N(CC(=O)N[C@@H]3CCC[C@H](C)[C@@H]3C)C2=O)cc1. The molecule has 0 spiro atoms. The van der Waals surface area contributed by atoms with E-state index >= 15 is 0 Å². The van der Waals surface area contributed by atoms with Gasteiger partial charge in [0.25, 0.3) is 5.91 Å². The van der Waals surface area contributed by atoms with E-state index in [0.717, 1.165) is 34.7 Å². The number of methoxy groups -OCH3 is 1. The Morgan fingerprint density at radius 2 is 1.91 bits per heavy atom.